The molecule has 7 nitrogen and oxygen atoms in total. The van der Waals surface area contributed by atoms with E-state index in [4.69, 9.17) is 4.74 Å². The van der Waals surface area contributed by atoms with Crippen LogP contribution in [0.2, 0.25) is 0 Å². The number of benzene rings is 1. The number of carbonyl (C=O) groups is 2. The zero-order valence-corrected chi connectivity index (χ0v) is 19.2. The van der Waals surface area contributed by atoms with Crippen LogP contribution in [0.5, 0.6) is 0 Å². The van der Waals surface area contributed by atoms with Gasteiger partial charge >= 0.3 is 5.97 Å². The van der Waals surface area contributed by atoms with Crippen molar-refractivity contribution in [2.75, 3.05) is 20.2 Å². The van der Waals surface area contributed by atoms with E-state index in [0.29, 0.717) is 35.4 Å². The Hall–Kier alpha value is -2.30. The molecule has 0 bridgehead atoms. The number of esters is 1. The molecule has 0 atom stereocenters. The largest absolute Gasteiger partial charge is 0.465 e. The fraction of sp³-hybridized carbons (Fsp3) is 0.429. The van der Waals surface area contributed by atoms with Crippen molar-refractivity contribution in [3.63, 3.8) is 0 Å². The number of rotatable bonds is 7. The molecule has 0 fully saturated rings. The quantitative estimate of drug-likeness (QED) is 0.631. The van der Waals surface area contributed by atoms with Gasteiger partial charge in [-0.1, -0.05) is 26.0 Å². The molecule has 0 saturated heterocycles. The minimum Gasteiger partial charge on any atom is -0.465 e. The third-order valence-electron chi connectivity index (χ3n) is 5.06. The van der Waals surface area contributed by atoms with Gasteiger partial charge in [0.15, 0.2) is 0 Å². The number of methoxy groups -OCH3 is 1. The molecule has 0 unspecified atom stereocenters. The third kappa shape index (κ3) is 5.13. The van der Waals surface area contributed by atoms with E-state index in [2.05, 4.69) is 4.72 Å². The van der Waals surface area contributed by atoms with E-state index in [1.807, 2.05) is 13.8 Å². The van der Waals surface area contributed by atoms with Gasteiger partial charge in [-0.2, -0.15) is 0 Å². The SMILES string of the molecule is COC(=O)c1c(S(=O)(=O)NCCc2cccc(F)c2)sc2c1CCN(C(=O)C(C)C)C2. The molecule has 2 heterocycles. The molecule has 1 N–H and O–H groups in total. The lowest BCUT2D eigenvalue weighted by Gasteiger charge is -2.28. The van der Waals surface area contributed by atoms with Crippen molar-refractivity contribution in [1.29, 1.82) is 0 Å². The minimum absolute atomic E-state index is 0.0173. The van der Waals surface area contributed by atoms with Gasteiger partial charge in [-0.05, 0) is 36.1 Å². The highest BCUT2D eigenvalue weighted by atomic mass is 32.2. The van der Waals surface area contributed by atoms with E-state index >= 15 is 0 Å². The van der Waals surface area contributed by atoms with Gasteiger partial charge in [-0.3, -0.25) is 4.79 Å². The Labute approximate surface area is 185 Å². The van der Waals surface area contributed by atoms with Gasteiger partial charge in [0.25, 0.3) is 10.0 Å². The Balaban J connectivity index is 1.85. The molecule has 0 radical (unpaired) electrons. The molecule has 0 spiro atoms. The molecule has 1 aliphatic heterocycles. The van der Waals surface area contributed by atoms with Crippen molar-refractivity contribution in [1.82, 2.24) is 9.62 Å². The third-order valence-corrected chi connectivity index (χ3v) is 8.25. The highest BCUT2D eigenvalue weighted by molar-refractivity contribution is 7.91. The lowest BCUT2D eigenvalue weighted by Crippen LogP contribution is -2.38. The highest BCUT2D eigenvalue weighted by Gasteiger charge is 2.35. The fourth-order valence-corrected chi connectivity index (χ4v) is 6.49. The smallest absolute Gasteiger partial charge is 0.340 e. The number of nitrogens with zero attached hydrogens (tertiary/aromatic N) is 1. The summed E-state index contributed by atoms with van der Waals surface area (Å²) in [5, 5.41) is 0. The first-order chi connectivity index (χ1) is 14.6. The molecule has 0 aliphatic carbocycles. The molecular weight excluding hydrogens is 443 g/mol. The van der Waals surface area contributed by atoms with Crippen LogP contribution >= 0.6 is 11.3 Å². The van der Waals surface area contributed by atoms with Crippen molar-refractivity contribution in [2.24, 2.45) is 5.92 Å². The number of carbonyl (C=O) groups excluding carboxylic acids is 2. The number of halogens is 1. The number of sulfonamides is 1. The number of nitrogens with one attached hydrogen (secondary N) is 1. The van der Waals surface area contributed by atoms with Crippen molar-refractivity contribution < 1.29 is 27.1 Å². The molecule has 1 aromatic carbocycles. The van der Waals surface area contributed by atoms with Crippen LogP contribution in [0, 0.1) is 11.7 Å². The molecule has 1 aliphatic rings. The minimum atomic E-state index is -4.00. The average molecular weight is 469 g/mol. The first-order valence-electron chi connectivity index (χ1n) is 9.89. The van der Waals surface area contributed by atoms with Gasteiger partial charge in [0.1, 0.15) is 10.0 Å². The van der Waals surface area contributed by atoms with Crippen LogP contribution in [0.4, 0.5) is 4.39 Å². The van der Waals surface area contributed by atoms with E-state index in [-0.39, 0.29) is 40.5 Å². The normalized spacial score (nSPS) is 13.9. The fourth-order valence-electron chi connectivity index (χ4n) is 3.52. The summed E-state index contributed by atoms with van der Waals surface area (Å²) < 4.78 is 46.6. The number of fused-ring (bicyclic) bond motifs is 1. The number of ether oxygens (including phenoxy) is 1. The van der Waals surface area contributed by atoms with Crippen LogP contribution in [0.25, 0.3) is 0 Å². The van der Waals surface area contributed by atoms with Gasteiger partial charge in [0.2, 0.25) is 5.91 Å². The molecular formula is C21H25FN2O5S2. The molecule has 1 amide bonds. The predicted molar refractivity (Wildman–Crippen MR) is 115 cm³/mol. The standard InChI is InChI=1S/C21H25FN2O5S2/c1-13(2)19(25)24-10-8-16-17(12-24)30-21(18(16)20(26)29-3)31(27,28)23-9-7-14-5-4-6-15(22)11-14/h4-6,11,13,23H,7-10,12H2,1-3H3. The Kier molecular flexibility index (Phi) is 7.13. The van der Waals surface area contributed by atoms with E-state index in [1.165, 1.54) is 19.2 Å². The van der Waals surface area contributed by atoms with Crippen molar-refractivity contribution in [3.05, 3.63) is 51.7 Å². The van der Waals surface area contributed by atoms with E-state index < -0.39 is 16.0 Å². The summed E-state index contributed by atoms with van der Waals surface area (Å²) in [6, 6.07) is 5.94. The topological polar surface area (TPSA) is 92.8 Å². The van der Waals surface area contributed by atoms with Crippen LogP contribution in [-0.4, -0.2) is 45.4 Å². The summed E-state index contributed by atoms with van der Waals surface area (Å²) in [5.41, 5.74) is 1.32. The highest BCUT2D eigenvalue weighted by Crippen LogP contribution is 2.37. The lowest BCUT2D eigenvalue weighted by molar-refractivity contribution is -0.135. The molecule has 31 heavy (non-hydrogen) atoms. The van der Waals surface area contributed by atoms with Gasteiger partial charge in [0, 0.05) is 23.9 Å². The summed E-state index contributed by atoms with van der Waals surface area (Å²) in [6.07, 6.45) is 0.680. The summed E-state index contributed by atoms with van der Waals surface area (Å²) in [7, 11) is -2.80. The van der Waals surface area contributed by atoms with Crippen LogP contribution in [0.1, 0.15) is 40.2 Å². The van der Waals surface area contributed by atoms with E-state index in [1.54, 1.807) is 17.0 Å². The van der Waals surface area contributed by atoms with Gasteiger partial charge in [-0.15, -0.1) is 11.3 Å². The molecule has 3 rings (SSSR count). The van der Waals surface area contributed by atoms with Gasteiger partial charge in [-0.25, -0.2) is 22.3 Å². The summed E-state index contributed by atoms with van der Waals surface area (Å²) in [6.45, 7) is 4.35. The Morgan fingerprint density at radius 1 is 1.32 bits per heavy atom. The maximum Gasteiger partial charge on any atom is 0.340 e. The van der Waals surface area contributed by atoms with Crippen molar-refractivity contribution in [3.8, 4) is 0 Å². The Bertz CT molecular complexity index is 1100. The molecule has 0 saturated carbocycles. The van der Waals surface area contributed by atoms with E-state index in [9.17, 15) is 22.4 Å². The van der Waals surface area contributed by atoms with Crippen molar-refractivity contribution >= 4 is 33.2 Å². The number of thiophene rings is 1. The molecule has 1 aromatic heterocycles. The Morgan fingerprint density at radius 3 is 2.71 bits per heavy atom. The number of amides is 1. The second-order valence-corrected chi connectivity index (χ2v) is 10.7. The first-order valence-corrected chi connectivity index (χ1v) is 12.2. The number of hydrogen-bond acceptors (Lipinski definition) is 6. The summed E-state index contributed by atoms with van der Waals surface area (Å²) >= 11 is 0.989. The first kappa shape index (κ1) is 23.4. The van der Waals surface area contributed by atoms with Crippen LogP contribution in [-0.2, 0) is 38.9 Å². The summed E-state index contributed by atoms with van der Waals surface area (Å²) in [5.74, 6) is -1.29. The second kappa shape index (κ2) is 9.46. The second-order valence-electron chi connectivity index (χ2n) is 7.60. The van der Waals surface area contributed by atoms with Crippen LogP contribution < -0.4 is 4.72 Å². The number of hydrogen-bond donors (Lipinski definition) is 1. The molecule has 2 aromatic rings. The van der Waals surface area contributed by atoms with Crippen LogP contribution in [0.3, 0.4) is 0 Å². The van der Waals surface area contributed by atoms with Crippen molar-refractivity contribution in [2.45, 2.75) is 37.4 Å². The van der Waals surface area contributed by atoms with Crippen LogP contribution in [0.15, 0.2) is 28.5 Å². The van der Waals surface area contributed by atoms with Gasteiger partial charge in [0.05, 0.1) is 19.2 Å². The van der Waals surface area contributed by atoms with E-state index in [0.717, 1.165) is 11.3 Å². The average Bonchev–Trinajstić information content (AvgIpc) is 3.12. The maximum atomic E-state index is 13.3. The molecule has 168 valence electrons. The van der Waals surface area contributed by atoms with Gasteiger partial charge < -0.3 is 9.64 Å². The lowest BCUT2D eigenvalue weighted by atomic mass is 10.0. The zero-order chi connectivity index (χ0) is 22.8. The molecule has 10 heteroatoms. The zero-order valence-electron chi connectivity index (χ0n) is 17.6. The monoisotopic (exact) mass is 468 g/mol. The maximum absolute atomic E-state index is 13.3. The Morgan fingerprint density at radius 2 is 2.06 bits per heavy atom. The predicted octanol–water partition coefficient (Wildman–Crippen LogP) is 2.74. The summed E-state index contributed by atoms with van der Waals surface area (Å²) in [4.78, 5) is 27.2.